The average Bonchev–Trinajstić information content (AvgIpc) is 2.91. The summed E-state index contributed by atoms with van der Waals surface area (Å²) < 4.78 is 0. The lowest BCUT2D eigenvalue weighted by Crippen LogP contribution is -2.13. The van der Waals surface area contributed by atoms with Crippen molar-refractivity contribution in [2.75, 3.05) is 11.5 Å². The highest BCUT2D eigenvalue weighted by molar-refractivity contribution is 8.00. The Kier molecular flexibility index (Phi) is 8.53. The standard InChI is InChI=1S/C31H30N2OS2/c1-31(2,3)24-14-16-26(17-15-24)35-20-25(34)21-36-30-28(19-32)27(22-10-6-4-7-11-22)18-29(33-30)23-12-8-5-9-13-23/h4-18,25,34H,20-21H2,1-3H3. The minimum absolute atomic E-state index is 0.123. The Hall–Kier alpha value is -3.04. The topological polar surface area (TPSA) is 56.9 Å². The number of thioether (sulfide) groups is 2. The van der Waals surface area contributed by atoms with Crippen molar-refractivity contribution >= 4 is 23.5 Å². The van der Waals surface area contributed by atoms with Crippen molar-refractivity contribution in [3.63, 3.8) is 0 Å². The highest BCUT2D eigenvalue weighted by Gasteiger charge is 2.18. The number of rotatable bonds is 8. The Bertz CT molecular complexity index is 1330. The molecule has 3 aromatic carbocycles. The van der Waals surface area contributed by atoms with Crippen molar-refractivity contribution in [2.45, 2.75) is 42.2 Å². The van der Waals surface area contributed by atoms with Gasteiger partial charge in [0, 0.05) is 27.5 Å². The Morgan fingerprint density at radius 3 is 2.00 bits per heavy atom. The van der Waals surface area contributed by atoms with Crippen LogP contribution in [0.4, 0.5) is 0 Å². The van der Waals surface area contributed by atoms with Gasteiger partial charge < -0.3 is 5.11 Å². The summed E-state index contributed by atoms with van der Waals surface area (Å²) in [5, 5.41) is 21.4. The maximum Gasteiger partial charge on any atom is 0.115 e. The van der Waals surface area contributed by atoms with Crippen LogP contribution in [-0.2, 0) is 5.41 Å². The zero-order chi connectivity index (χ0) is 25.5. The lowest BCUT2D eigenvalue weighted by atomic mass is 9.87. The van der Waals surface area contributed by atoms with E-state index in [1.165, 1.54) is 17.3 Å². The van der Waals surface area contributed by atoms with E-state index in [9.17, 15) is 10.4 Å². The molecule has 0 saturated heterocycles. The summed E-state index contributed by atoms with van der Waals surface area (Å²) >= 11 is 3.09. The van der Waals surface area contributed by atoms with E-state index >= 15 is 0 Å². The van der Waals surface area contributed by atoms with Crippen molar-refractivity contribution in [1.82, 2.24) is 4.98 Å². The molecule has 0 bridgehead atoms. The van der Waals surface area contributed by atoms with Gasteiger partial charge in [0.2, 0.25) is 0 Å². The molecule has 0 fully saturated rings. The number of nitrogens with zero attached hydrogens (tertiary/aromatic N) is 2. The number of pyridine rings is 1. The molecule has 0 saturated carbocycles. The van der Waals surface area contributed by atoms with Crippen LogP contribution >= 0.6 is 23.5 Å². The van der Waals surface area contributed by atoms with E-state index in [0.29, 0.717) is 22.1 Å². The van der Waals surface area contributed by atoms with Gasteiger partial charge in [-0.05, 0) is 34.7 Å². The number of aliphatic hydroxyl groups excluding tert-OH is 1. The smallest absolute Gasteiger partial charge is 0.115 e. The Morgan fingerprint density at radius 1 is 0.833 bits per heavy atom. The molecule has 0 amide bonds. The van der Waals surface area contributed by atoms with Gasteiger partial charge in [-0.15, -0.1) is 23.5 Å². The van der Waals surface area contributed by atoms with Crippen LogP contribution in [0.15, 0.2) is 101 Å². The maximum absolute atomic E-state index is 10.7. The predicted molar refractivity (Wildman–Crippen MR) is 152 cm³/mol. The fourth-order valence-corrected chi connectivity index (χ4v) is 5.71. The van der Waals surface area contributed by atoms with Gasteiger partial charge in [-0.1, -0.05) is 93.6 Å². The van der Waals surface area contributed by atoms with Crippen LogP contribution in [0.5, 0.6) is 0 Å². The lowest BCUT2D eigenvalue weighted by molar-refractivity contribution is 0.225. The van der Waals surface area contributed by atoms with Gasteiger partial charge >= 0.3 is 0 Å². The molecule has 4 rings (SSSR count). The molecule has 3 nitrogen and oxygen atoms in total. The molecule has 0 radical (unpaired) electrons. The third kappa shape index (κ3) is 6.59. The number of benzene rings is 3. The summed E-state index contributed by atoms with van der Waals surface area (Å²) in [6, 6.07) is 32.8. The highest BCUT2D eigenvalue weighted by atomic mass is 32.2. The molecule has 5 heteroatoms. The van der Waals surface area contributed by atoms with Gasteiger partial charge in [-0.2, -0.15) is 5.26 Å². The first kappa shape index (κ1) is 26.0. The zero-order valence-electron chi connectivity index (χ0n) is 20.8. The third-order valence-electron chi connectivity index (χ3n) is 5.83. The number of nitriles is 1. The minimum atomic E-state index is -0.531. The van der Waals surface area contributed by atoms with Crippen LogP contribution in [0, 0.1) is 11.3 Å². The third-order valence-corrected chi connectivity index (χ3v) is 8.10. The molecular formula is C31H30N2OS2. The van der Waals surface area contributed by atoms with Gasteiger partial charge in [-0.3, -0.25) is 0 Å². The molecule has 1 atom stereocenters. The molecule has 0 spiro atoms. The summed E-state index contributed by atoms with van der Waals surface area (Å²) in [6.45, 7) is 6.61. The molecule has 36 heavy (non-hydrogen) atoms. The number of aliphatic hydroxyl groups is 1. The first-order chi connectivity index (χ1) is 17.3. The van der Waals surface area contributed by atoms with Crippen molar-refractivity contribution in [3.8, 4) is 28.5 Å². The monoisotopic (exact) mass is 510 g/mol. The first-order valence-electron chi connectivity index (χ1n) is 12.0. The normalized spacial score (nSPS) is 12.2. The maximum atomic E-state index is 10.7. The van der Waals surface area contributed by atoms with Crippen LogP contribution in [0.25, 0.3) is 22.4 Å². The predicted octanol–water partition coefficient (Wildman–Crippen LogP) is 7.83. The number of hydrogen-bond donors (Lipinski definition) is 1. The van der Waals surface area contributed by atoms with Crippen LogP contribution in [-0.4, -0.2) is 27.7 Å². The van der Waals surface area contributed by atoms with Gasteiger partial charge in [-0.25, -0.2) is 4.98 Å². The Balaban J connectivity index is 1.52. The second-order valence-corrected chi connectivity index (χ2v) is 11.7. The molecule has 182 valence electrons. The van der Waals surface area contributed by atoms with Crippen molar-refractivity contribution in [2.24, 2.45) is 0 Å². The Morgan fingerprint density at radius 2 is 1.42 bits per heavy atom. The minimum Gasteiger partial charge on any atom is -0.391 e. The largest absolute Gasteiger partial charge is 0.391 e. The van der Waals surface area contributed by atoms with Gasteiger partial charge in [0.15, 0.2) is 0 Å². The van der Waals surface area contributed by atoms with E-state index in [2.05, 4.69) is 51.1 Å². The SMILES string of the molecule is CC(C)(C)c1ccc(SCC(O)CSc2nc(-c3ccccc3)cc(-c3ccccc3)c2C#N)cc1. The summed E-state index contributed by atoms with van der Waals surface area (Å²) in [7, 11) is 0. The molecule has 0 aliphatic carbocycles. The summed E-state index contributed by atoms with van der Waals surface area (Å²) in [5.41, 5.74) is 5.61. The van der Waals surface area contributed by atoms with Crippen LogP contribution in [0.2, 0.25) is 0 Å². The molecule has 4 aromatic rings. The molecule has 0 aliphatic heterocycles. The van der Waals surface area contributed by atoms with Crippen LogP contribution in [0.3, 0.4) is 0 Å². The molecule has 1 heterocycles. The van der Waals surface area contributed by atoms with E-state index in [4.69, 9.17) is 4.98 Å². The number of hydrogen-bond acceptors (Lipinski definition) is 5. The van der Waals surface area contributed by atoms with E-state index in [1.54, 1.807) is 11.8 Å². The van der Waals surface area contributed by atoms with Crippen LogP contribution in [0.1, 0.15) is 31.9 Å². The molecule has 1 aromatic heterocycles. The second kappa shape index (κ2) is 11.8. The zero-order valence-corrected chi connectivity index (χ0v) is 22.4. The highest BCUT2D eigenvalue weighted by Crippen LogP contribution is 2.35. The molecular weight excluding hydrogens is 480 g/mol. The Labute approximate surface area is 222 Å². The van der Waals surface area contributed by atoms with E-state index in [1.807, 2.05) is 66.7 Å². The summed E-state index contributed by atoms with van der Waals surface area (Å²) in [4.78, 5) is 5.98. The van der Waals surface area contributed by atoms with E-state index < -0.39 is 6.10 Å². The van der Waals surface area contributed by atoms with E-state index in [0.717, 1.165) is 27.3 Å². The molecule has 1 N–H and O–H groups in total. The van der Waals surface area contributed by atoms with Gasteiger partial charge in [0.05, 0.1) is 17.4 Å². The van der Waals surface area contributed by atoms with Crippen LogP contribution < -0.4 is 0 Å². The van der Waals surface area contributed by atoms with Crippen molar-refractivity contribution < 1.29 is 5.11 Å². The fourth-order valence-electron chi connectivity index (χ4n) is 3.80. The molecule has 1 unspecified atom stereocenters. The van der Waals surface area contributed by atoms with Gasteiger partial charge in [0.1, 0.15) is 11.1 Å². The summed E-state index contributed by atoms with van der Waals surface area (Å²) in [5.74, 6) is 1.04. The number of aromatic nitrogens is 1. The second-order valence-electron chi connectivity index (χ2n) is 9.63. The quantitative estimate of drug-likeness (QED) is 0.245. The molecule has 0 aliphatic rings. The average molecular weight is 511 g/mol. The lowest BCUT2D eigenvalue weighted by Gasteiger charge is -2.19. The van der Waals surface area contributed by atoms with Crippen molar-refractivity contribution in [1.29, 1.82) is 5.26 Å². The van der Waals surface area contributed by atoms with Crippen molar-refractivity contribution in [3.05, 3.63) is 102 Å². The fraction of sp³-hybridized carbons (Fsp3) is 0.226. The summed E-state index contributed by atoms with van der Waals surface area (Å²) in [6.07, 6.45) is -0.531. The first-order valence-corrected chi connectivity index (χ1v) is 13.9. The van der Waals surface area contributed by atoms with Gasteiger partial charge in [0.25, 0.3) is 0 Å². The van der Waals surface area contributed by atoms with E-state index in [-0.39, 0.29) is 5.41 Å².